The van der Waals surface area contributed by atoms with Crippen molar-refractivity contribution in [2.24, 2.45) is 0 Å². The fourth-order valence-electron chi connectivity index (χ4n) is 4.48. The number of nitrogens with zero attached hydrogens (tertiary/aromatic N) is 3. The number of fused-ring (bicyclic) bond motifs is 1. The molecule has 2 N–H and O–H groups in total. The first kappa shape index (κ1) is 24.9. The zero-order valence-electron chi connectivity index (χ0n) is 19.7. The SMILES string of the molecule is CS(=O)(=O)N1CCCc2ccc(NC(=O)C(=O)NCCN3CCN(c4ccccc4F)CC3)cc21. The second-order valence-corrected chi connectivity index (χ2v) is 10.7. The van der Waals surface area contributed by atoms with Crippen LogP contribution in [-0.4, -0.2) is 77.2 Å². The van der Waals surface area contributed by atoms with Gasteiger partial charge in [-0.2, -0.15) is 0 Å². The van der Waals surface area contributed by atoms with E-state index in [4.69, 9.17) is 0 Å². The van der Waals surface area contributed by atoms with Crippen LogP contribution in [0, 0.1) is 5.82 Å². The van der Waals surface area contributed by atoms with Crippen LogP contribution in [0.1, 0.15) is 12.0 Å². The summed E-state index contributed by atoms with van der Waals surface area (Å²) in [5.74, 6) is -1.80. The molecule has 0 bridgehead atoms. The number of rotatable bonds is 6. The van der Waals surface area contributed by atoms with Gasteiger partial charge in [-0.3, -0.25) is 18.8 Å². The van der Waals surface area contributed by atoms with Gasteiger partial charge in [0.2, 0.25) is 10.0 Å². The number of nitrogens with one attached hydrogen (secondary N) is 2. The topological polar surface area (TPSA) is 102 Å². The van der Waals surface area contributed by atoms with Gasteiger partial charge in [0.25, 0.3) is 0 Å². The summed E-state index contributed by atoms with van der Waals surface area (Å²) in [4.78, 5) is 28.8. The summed E-state index contributed by atoms with van der Waals surface area (Å²) in [7, 11) is -3.43. The maximum Gasteiger partial charge on any atom is 0.313 e. The lowest BCUT2D eigenvalue weighted by molar-refractivity contribution is -0.136. The van der Waals surface area contributed by atoms with Crippen LogP contribution in [0.15, 0.2) is 42.5 Å². The number of benzene rings is 2. The summed E-state index contributed by atoms with van der Waals surface area (Å²) in [5.41, 5.74) is 2.38. The van der Waals surface area contributed by atoms with E-state index in [-0.39, 0.29) is 5.82 Å². The number of anilines is 3. The third kappa shape index (κ3) is 6.09. The number of hydrogen-bond acceptors (Lipinski definition) is 6. The Balaban J connectivity index is 1.24. The van der Waals surface area contributed by atoms with Crippen LogP contribution in [0.3, 0.4) is 0 Å². The third-order valence-electron chi connectivity index (χ3n) is 6.30. The number of halogens is 1. The molecule has 2 aromatic carbocycles. The van der Waals surface area contributed by atoms with Crippen molar-refractivity contribution in [3.05, 3.63) is 53.8 Å². The Labute approximate surface area is 204 Å². The van der Waals surface area contributed by atoms with Crippen molar-refractivity contribution in [1.29, 1.82) is 0 Å². The Kier molecular flexibility index (Phi) is 7.56. The van der Waals surface area contributed by atoms with Crippen molar-refractivity contribution in [1.82, 2.24) is 10.2 Å². The van der Waals surface area contributed by atoms with Gasteiger partial charge < -0.3 is 15.5 Å². The van der Waals surface area contributed by atoms with Crippen LogP contribution in [0.25, 0.3) is 0 Å². The van der Waals surface area contributed by atoms with Crippen molar-refractivity contribution in [2.75, 3.05) is 66.6 Å². The summed E-state index contributed by atoms with van der Waals surface area (Å²) in [6.07, 6.45) is 2.64. The summed E-state index contributed by atoms with van der Waals surface area (Å²) in [6.45, 7) is 4.07. The minimum atomic E-state index is -3.43. The molecule has 9 nitrogen and oxygen atoms in total. The third-order valence-corrected chi connectivity index (χ3v) is 7.48. The molecule has 0 unspecified atom stereocenters. The Morgan fingerprint density at radius 3 is 2.43 bits per heavy atom. The fourth-order valence-corrected chi connectivity index (χ4v) is 5.47. The van der Waals surface area contributed by atoms with E-state index in [9.17, 15) is 22.4 Å². The van der Waals surface area contributed by atoms with E-state index < -0.39 is 21.8 Å². The Hall–Kier alpha value is -3.18. The van der Waals surface area contributed by atoms with Crippen molar-refractivity contribution in [2.45, 2.75) is 12.8 Å². The highest BCUT2D eigenvalue weighted by Gasteiger charge is 2.25. The highest BCUT2D eigenvalue weighted by molar-refractivity contribution is 7.92. The molecule has 0 aromatic heterocycles. The van der Waals surface area contributed by atoms with Gasteiger partial charge in [0.1, 0.15) is 5.82 Å². The zero-order valence-corrected chi connectivity index (χ0v) is 20.5. The van der Waals surface area contributed by atoms with Crippen molar-refractivity contribution in [3.8, 4) is 0 Å². The van der Waals surface area contributed by atoms with E-state index >= 15 is 0 Å². The van der Waals surface area contributed by atoms with Gasteiger partial charge in [-0.25, -0.2) is 12.8 Å². The second-order valence-electron chi connectivity index (χ2n) is 8.77. The lowest BCUT2D eigenvalue weighted by Crippen LogP contribution is -2.49. The number of carbonyl (C=O) groups is 2. The first-order chi connectivity index (χ1) is 16.7. The number of aryl methyl sites for hydroxylation is 1. The molecular formula is C24H30FN5O4S. The number of carbonyl (C=O) groups excluding carboxylic acids is 2. The van der Waals surface area contributed by atoms with Crippen LogP contribution in [-0.2, 0) is 26.0 Å². The summed E-state index contributed by atoms with van der Waals surface area (Å²) < 4.78 is 39.5. The molecule has 1 saturated heterocycles. The van der Waals surface area contributed by atoms with E-state index in [0.717, 1.165) is 37.8 Å². The first-order valence-electron chi connectivity index (χ1n) is 11.6. The highest BCUT2D eigenvalue weighted by atomic mass is 32.2. The number of amides is 2. The molecule has 188 valence electrons. The average Bonchev–Trinajstić information content (AvgIpc) is 2.83. The molecule has 0 aliphatic carbocycles. The summed E-state index contributed by atoms with van der Waals surface area (Å²) >= 11 is 0. The normalized spacial score (nSPS) is 16.5. The molecule has 0 radical (unpaired) electrons. The first-order valence-corrected chi connectivity index (χ1v) is 13.5. The van der Waals surface area contributed by atoms with Gasteiger partial charge in [0.05, 0.1) is 17.6 Å². The van der Waals surface area contributed by atoms with Gasteiger partial charge in [0, 0.05) is 51.5 Å². The Morgan fingerprint density at radius 1 is 0.971 bits per heavy atom. The molecule has 1 fully saturated rings. The average molecular weight is 504 g/mol. The lowest BCUT2D eigenvalue weighted by Gasteiger charge is -2.36. The standard InChI is InChI=1S/C24H30FN5O4S/c1-35(33,34)30-11-4-5-18-8-9-19(17-22(18)30)27-24(32)23(31)26-10-12-28-13-15-29(16-14-28)21-7-3-2-6-20(21)25/h2-3,6-9,17H,4-5,10-16H2,1H3,(H,26,31)(H,27,32). The van der Waals surface area contributed by atoms with Crippen molar-refractivity contribution < 1.29 is 22.4 Å². The van der Waals surface area contributed by atoms with Crippen LogP contribution >= 0.6 is 0 Å². The molecule has 35 heavy (non-hydrogen) atoms. The second kappa shape index (κ2) is 10.6. The Bertz CT molecular complexity index is 1200. The van der Waals surface area contributed by atoms with Gasteiger partial charge in [0.15, 0.2) is 0 Å². The predicted octanol–water partition coefficient (Wildman–Crippen LogP) is 1.41. The van der Waals surface area contributed by atoms with Crippen LogP contribution in [0.4, 0.5) is 21.5 Å². The van der Waals surface area contributed by atoms with E-state index in [2.05, 4.69) is 15.5 Å². The molecular weight excluding hydrogens is 473 g/mol. The maximum absolute atomic E-state index is 14.0. The molecule has 2 aliphatic rings. The predicted molar refractivity (Wildman–Crippen MR) is 134 cm³/mol. The molecule has 4 rings (SSSR count). The van der Waals surface area contributed by atoms with Gasteiger partial charge in [-0.05, 0) is 42.7 Å². The molecule has 2 amide bonds. The minimum Gasteiger partial charge on any atom is -0.367 e. The smallest absolute Gasteiger partial charge is 0.313 e. The molecule has 2 aliphatic heterocycles. The summed E-state index contributed by atoms with van der Waals surface area (Å²) in [6, 6.07) is 11.8. The number of piperazine rings is 1. The lowest BCUT2D eigenvalue weighted by atomic mass is 10.0. The summed E-state index contributed by atoms with van der Waals surface area (Å²) in [5, 5.41) is 5.18. The monoisotopic (exact) mass is 503 g/mol. The van der Waals surface area contributed by atoms with Gasteiger partial charge >= 0.3 is 11.8 Å². The van der Waals surface area contributed by atoms with Crippen LogP contribution < -0.4 is 19.8 Å². The molecule has 0 spiro atoms. The molecule has 2 aromatic rings. The molecule has 11 heteroatoms. The fraction of sp³-hybridized carbons (Fsp3) is 0.417. The number of para-hydroxylation sites is 1. The van der Waals surface area contributed by atoms with Gasteiger partial charge in [-0.1, -0.05) is 18.2 Å². The zero-order chi connectivity index (χ0) is 25.0. The van der Waals surface area contributed by atoms with E-state index in [1.165, 1.54) is 10.4 Å². The maximum atomic E-state index is 14.0. The number of hydrogen-bond donors (Lipinski definition) is 2. The van der Waals surface area contributed by atoms with Crippen molar-refractivity contribution >= 4 is 38.9 Å². The van der Waals surface area contributed by atoms with Gasteiger partial charge in [-0.15, -0.1) is 0 Å². The highest BCUT2D eigenvalue weighted by Crippen LogP contribution is 2.31. The Morgan fingerprint density at radius 2 is 1.71 bits per heavy atom. The van der Waals surface area contributed by atoms with Crippen LogP contribution in [0.5, 0.6) is 0 Å². The minimum absolute atomic E-state index is 0.234. The molecule has 0 atom stereocenters. The molecule has 2 heterocycles. The van der Waals surface area contributed by atoms with E-state index in [0.29, 0.717) is 49.8 Å². The van der Waals surface area contributed by atoms with E-state index in [1.54, 1.807) is 30.3 Å². The largest absolute Gasteiger partial charge is 0.367 e. The van der Waals surface area contributed by atoms with Crippen LogP contribution in [0.2, 0.25) is 0 Å². The molecule has 0 saturated carbocycles. The number of sulfonamides is 1. The van der Waals surface area contributed by atoms with Crippen molar-refractivity contribution in [3.63, 3.8) is 0 Å². The van der Waals surface area contributed by atoms with E-state index in [1.807, 2.05) is 11.0 Å². The quantitative estimate of drug-likeness (QED) is 0.578.